The normalized spacial score (nSPS) is 17.6. The molecule has 1 heterocycles. The van der Waals surface area contributed by atoms with Crippen molar-refractivity contribution in [3.63, 3.8) is 0 Å². The molecule has 0 atom stereocenters. The van der Waals surface area contributed by atoms with Crippen LogP contribution >= 0.6 is 11.3 Å². The van der Waals surface area contributed by atoms with Crippen molar-refractivity contribution in [1.82, 2.24) is 10.3 Å². The molecule has 2 amide bonds. The van der Waals surface area contributed by atoms with Gasteiger partial charge in [-0.25, -0.2) is 4.98 Å². The first-order valence-electron chi connectivity index (χ1n) is 7.04. The summed E-state index contributed by atoms with van der Waals surface area (Å²) in [7, 11) is 0. The molecule has 10 heteroatoms. The van der Waals surface area contributed by atoms with Gasteiger partial charge in [-0.2, -0.15) is 13.2 Å². The smallest absolute Gasteiger partial charge is 0.388 e. The van der Waals surface area contributed by atoms with E-state index in [0.29, 0.717) is 24.2 Å². The van der Waals surface area contributed by atoms with Crippen LogP contribution in [0.25, 0.3) is 0 Å². The van der Waals surface area contributed by atoms with E-state index in [9.17, 15) is 27.9 Å². The molecule has 0 radical (unpaired) electrons. The average Bonchev–Trinajstić information content (AvgIpc) is 2.94. The molecule has 6 nitrogen and oxygen atoms in total. The van der Waals surface area contributed by atoms with Crippen molar-refractivity contribution in [1.29, 1.82) is 0 Å². The lowest BCUT2D eigenvalue weighted by molar-refractivity contribution is -0.140. The SMILES string of the molecule is O=C(NCC1(O)CCCCC1)C(=O)Nc1nc(C(F)(F)F)cs1. The highest BCUT2D eigenvalue weighted by Gasteiger charge is 2.34. The number of rotatable bonds is 3. The second-order valence-electron chi connectivity index (χ2n) is 5.46. The van der Waals surface area contributed by atoms with E-state index in [1.165, 1.54) is 0 Å². The first-order chi connectivity index (χ1) is 10.7. The van der Waals surface area contributed by atoms with Gasteiger partial charge < -0.3 is 10.4 Å². The fraction of sp³-hybridized carbons (Fsp3) is 0.615. The number of halogens is 3. The zero-order chi connectivity index (χ0) is 17.1. The van der Waals surface area contributed by atoms with Crippen LogP contribution in [0.4, 0.5) is 18.3 Å². The molecule has 23 heavy (non-hydrogen) atoms. The average molecular weight is 351 g/mol. The number of aliphatic hydroxyl groups is 1. The quantitative estimate of drug-likeness (QED) is 0.726. The van der Waals surface area contributed by atoms with Crippen LogP contribution in [0.1, 0.15) is 37.8 Å². The van der Waals surface area contributed by atoms with Gasteiger partial charge in [-0.1, -0.05) is 19.3 Å². The molecule has 128 valence electrons. The van der Waals surface area contributed by atoms with Gasteiger partial charge in [0.1, 0.15) is 0 Å². The van der Waals surface area contributed by atoms with E-state index in [1.807, 2.05) is 5.32 Å². The highest BCUT2D eigenvalue weighted by molar-refractivity contribution is 7.14. The first kappa shape index (κ1) is 17.7. The largest absolute Gasteiger partial charge is 0.434 e. The molecule has 1 aromatic rings. The number of carbonyl (C=O) groups excluding carboxylic acids is 2. The van der Waals surface area contributed by atoms with Crippen molar-refractivity contribution >= 4 is 28.3 Å². The Bertz CT molecular complexity index is 583. The maximum atomic E-state index is 12.4. The highest BCUT2D eigenvalue weighted by atomic mass is 32.1. The molecule has 1 saturated carbocycles. The summed E-state index contributed by atoms with van der Waals surface area (Å²) < 4.78 is 37.2. The third-order valence-electron chi connectivity index (χ3n) is 3.58. The first-order valence-corrected chi connectivity index (χ1v) is 7.92. The van der Waals surface area contributed by atoms with E-state index in [-0.39, 0.29) is 11.7 Å². The van der Waals surface area contributed by atoms with Crippen molar-refractivity contribution in [2.45, 2.75) is 43.9 Å². The molecule has 2 rings (SSSR count). The predicted molar refractivity (Wildman–Crippen MR) is 76.8 cm³/mol. The minimum Gasteiger partial charge on any atom is -0.388 e. The van der Waals surface area contributed by atoms with E-state index in [1.54, 1.807) is 0 Å². The Labute approximate surface area is 134 Å². The summed E-state index contributed by atoms with van der Waals surface area (Å²) >= 11 is 0.575. The molecule has 1 fully saturated rings. The Morgan fingerprint density at radius 3 is 2.48 bits per heavy atom. The van der Waals surface area contributed by atoms with Crippen LogP contribution in [0.3, 0.4) is 0 Å². The summed E-state index contributed by atoms with van der Waals surface area (Å²) in [5.74, 6) is -2.14. The third-order valence-corrected chi connectivity index (χ3v) is 4.34. The van der Waals surface area contributed by atoms with Gasteiger partial charge in [-0.3, -0.25) is 14.9 Å². The molecule has 0 aromatic carbocycles. The highest BCUT2D eigenvalue weighted by Crippen LogP contribution is 2.31. The molecule has 1 aliphatic rings. The Balaban J connectivity index is 1.85. The summed E-state index contributed by atoms with van der Waals surface area (Å²) in [6.07, 6.45) is -0.823. The fourth-order valence-electron chi connectivity index (χ4n) is 2.33. The van der Waals surface area contributed by atoms with Crippen LogP contribution in [-0.4, -0.2) is 34.1 Å². The minimum atomic E-state index is -4.61. The second kappa shape index (κ2) is 6.83. The van der Waals surface area contributed by atoms with Gasteiger partial charge >= 0.3 is 18.0 Å². The topological polar surface area (TPSA) is 91.3 Å². The molecular weight excluding hydrogens is 335 g/mol. The number of nitrogens with one attached hydrogen (secondary N) is 2. The maximum Gasteiger partial charge on any atom is 0.434 e. The van der Waals surface area contributed by atoms with Crippen molar-refractivity contribution in [2.24, 2.45) is 0 Å². The number of amides is 2. The number of aromatic nitrogens is 1. The number of hydrogen-bond donors (Lipinski definition) is 3. The standard InChI is InChI=1S/C13H16F3N3O3S/c14-13(15,16)8-6-23-11(18-8)19-10(21)9(20)17-7-12(22)4-2-1-3-5-12/h6,22H,1-5,7H2,(H,17,20)(H,18,19,21). The lowest BCUT2D eigenvalue weighted by atomic mass is 9.85. The van der Waals surface area contributed by atoms with Gasteiger partial charge in [-0.15, -0.1) is 11.3 Å². The van der Waals surface area contributed by atoms with Gasteiger partial charge in [0.25, 0.3) is 0 Å². The van der Waals surface area contributed by atoms with E-state index in [2.05, 4.69) is 10.3 Å². The van der Waals surface area contributed by atoms with E-state index in [0.717, 1.165) is 24.6 Å². The second-order valence-corrected chi connectivity index (χ2v) is 6.32. The number of alkyl halides is 3. The Morgan fingerprint density at radius 2 is 1.91 bits per heavy atom. The molecule has 1 aliphatic carbocycles. The summed E-state index contributed by atoms with van der Waals surface area (Å²) in [5, 5.41) is 15.0. The zero-order valence-electron chi connectivity index (χ0n) is 12.1. The number of thiazole rings is 1. The van der Waals surface area contributed by atoms with Crippen LogP contribution < -0.4 is 10.6 Å². The summed E-state index contributed by atoms with van der Waals surface area (Å²) in [4.78, 5) is 26.5. The lowest BCUT2D eigenvalue weighted by Crippen LogP contribution is -2.47. The van der Waals surface area contributed by atoms with Crippen molar-refractivity contribution in [3.05, 3.63) is 11.1 Å². The molecule has 0 bridgehead atoms. The summed E-state index contributed by atoms with van der Waals surface area (Å²) in [6, 6.07) is 0. The number of carbonyl (C=O) groups is 2. The van der Waals surface area contributed by atoms with E-state index >= 15 is 0 Å². The van der Waals surface area contributed by atoms with Gasteiger partial charge in [0.2, 0.25) is 0 Å². The molecule has 0 spiro atoms. The maximum absolute atomic E-state index is 12.4. The van der Waals surface area contributed by atoms with Crippen LogP contribution in [0.2, 0.25) is 0 Å². The Morgan fingerprint density at radius 1 is 1.26 bits per heavy atom. The van der Waals surface area contributed by atoms with Gasteiger partial charge in [0.15, 0.2) is 10.8 Å². The van der Waals surface area contributed by atoms with Crippen LogP contribution in [-0.2, 0) is 15.8 Å². The Kier molecular flexibility index (Phi) is 5.25. The zero-order valence-corrected chi connectivity index (χ0v) is 12.9. The van der Waals surface area contributed by atoms with Crippen molar-refractivity contribution in [3.8, 4) is 0 Å². The number of nitrogens with zero attached hydrogens (tertiary/aromatic N) is 1. The molecule has 0 aliphatic heterocycles. The van der Waals surface area contributed by atoms with Gasteiger partial charge in [0, 0.05) is 11.9 Å². The Hall–Kier alpha value is -1.68. The number of hydrogen-bond acceptors (Lipinski definition) is 5. The third kappa shape index (κ3) is 4.90. The monoisotopic (exact) mass is 351 g/mol. The van der Waals surface area contributed by atoms with E-state index in [4.69, 9.17) is 0 Å². The van der Waals surface area contributed by atoms with Gasteiger partial charge in [0.05, 0.1) is 5.60 Å². The van der Waals surface area contributed by atoms with Crippen LogP contribution in [0, 0.1) is 0 Å². The van der Waals surface area contributed by atoms with Crippen molar-refractivity contribution < 1.29 is 27.9 Å². The van der Waals surface area contributed by atoms with Crippen molar-refractivity contribution in [2.75, 3.05) is 11.9 Å². The van der Waals surface area contributed by atoms with E-state index < -0.39 is 29.3 Å². The number of anilines is 1. The predicted octanol–water partition coefficient (Wildman–Crippen LogP) is 1.91. The molecule has 0 saturated heterocycles. The summed E-state index contributed by atoms with van der Waals surface area (Å²) in [5.41, 5.74) is -2.16. The van der Waals surface area contributed by atoms with Gasteiger partial charge in [-0.05, 0) is 12.8 Å². The van der Waals surface area contributed by atoms with Crippen LogP contribution in [0.15, 0.2) is 5.38 Å². The molecular formula is C13H16F3N3O3S. The molecule has 0 unspecified atom stereocenters. The lowest BCUT2D eigenvalue weighted by Gasteiger charge is -2.31. The molecule has 1 aromatic heterocycles. The summed E-state index contributed by atoms with van der Waals surface area (Å²) in [6.45, 7) is -0.0646. The molecule has 3 N–H and O–H groups in total. The van der Waals surface area contributed by atoms with Crippen LogP contribution in [0.5, 0.6) is 0 Å². The fourth-order valence-corrected chi connectivity index (χ4v) is 3.04. The minimum absolute atomic E-state index is 0.0646.